The van der Waals surface area contributed by atoms with E-state index in [2.05, 4.69) is 10.4 Å². The predicted molar refractivity (Wildman–Crippen MR) is 90.6 cm³/mol. The number of hydrazone groups is 1. The van der Waals surface area contributed by atoms with Gasteiger partial charge < -0.3 is 15.3 Å². The van der Waals surface area contributed by atoms with Gasteiger partial charge in [0.1, 0.15) is 12.4 Å². The zero-order valence-electron chi connectivity index (χ0n) is 13.1. The number of nitrogens with zero attached hydrogens (tertiary/aromatic N) is 3. The van der Waals surface area contributed by atoms with Crippen molar-refractivity contribution in [3.8, 4) is 0 Å². The van der Waals surface area contributed by atoms with Crippen molar-refractivity contribution in [2.75, 3.05) is 31.6 Å². The van der Waals surface area contributed by atoms with Gasteiger partial charge in [0.2, 0.25) is 5.91 Å². The van der Waals surface area contributed by atoms with Crippen LogP contribution in [0.4, 0.5) is 5.69 Å². The van der Waals surface area contributed by atoms with Gasteiger partial charge in [0, 0.05) is 23.7 Å². The van der Waals surface area contributed by atoms with E-state index in [9.17, 15) is 9.59 Å². The largest absolute Gasteiger partial charge is 0.394 e. The molecule has 2 amide bonds. The van der Waals surface area contributed by atoms with Gasteiger partial charge in [0.05, 0.1) is 19.1 Å². The Morgan fingerprint density at radius 2 is 2.29 bits per heavy atom. The van der Waals surface area contributed by atoms with E-state index >= 15 is 0 Å². The Balaban J connectivity index is 1.64. The van der Waals surface area contributed by atoms with Crippen molar-refractivity contribution in [2.24, 2.45) is 11.0 Å². The third-order valence-corrected chi connectivity index (χ3v) is 4.38. The normalized spacial score (nSPS) is 20.5. The van der Waals surface area contributed by atoms with Crippen molar-refractivity contribution in [1.82, 2.24) is 9.91 Å². The molecule has 1 aromatic rings. The number of aliphatic hydroxyl groups excluding tert-OH is 1. The first kappa shape index (κ1) is 16.7. The summed E-state index contributed by atoms with van der Waals surface area (Å²) in [6, 6.07) is 7.02. The highest BCUT2D eigenvalue weighted by Gasteiger charge is 2.34. The van der Waals surface area contributed by atoms with Crippen LogP contribution in [0, 0.1) is 5.92 Å². The van der Waals surface area contributed by atoms with Gasteiger partial charge in [-0.15, -0.1) is 0 Å². The van der Waals surface area contributed by atoms with Crippen LogP contribution in [0.15, 0.2) is 29.4 Å². The molecule has 3 rings (SSSR count). The average Bonchev–Trinajstić information content (AvgIpc) is 2.55. The van der Waals surface area contributed by atoms with Gasteiger partial charge >= 0.3 is 0 Å². The van der Waals surface area contributed by atoms with E-state index in [-0.39, 0.29) is 37.4 Å². The highest BCUT2D eigenvalue weighted by Crippen LogP contribution is 2.23. The lowest BCUT2D eigenvalue weighted by atomic mass is 9.95. The molecule has 0 aliphatic carbocycles. The molecule has 0 aromatic heterocycles. The standard InChI is InChI=1S/C16H19ClN4O3/c17-12-2-1-3-13(8-12)18-16(24)11-4-5-14-19-21(6-7-22)15(23)10-20(14)9-11/h1-3,8,11,22H,4-7,9-10H2,(H,18,24). The first-order chi connectivity index (χ1) is 11.6. The molecule has 128 valence electrons. The number of rotatable bonds is 4. The van der Waals surface area contributed by atoms with E-state index in [4.69, 9.17) is 16.7 Å². The summed E-state index contributed by atoms with van der Waals surface area (Å²) in [5, 5.41) is 18.0. The van der Waals surface area contributed by atoms with Crippen LogP contribution in [0.3, 0.4) is 0 Å². The highest BCUT2D eigenvalue weighted by atomic mass is 35.5. The molecule has 8 heteroatoms. The molecular formula is C16H19ClN4O3. The minimum atomic E-state index is -0.208. The van der Waals surface area contributed by atoms with Gasteiger partial charge in [-0.2, -0.15) is 5.10 Å². The van der Waals surface area contributed by atoms with Crippen LogP contribution in [-0.2, 0) is 9.59 Å². The van der Waals surface area contributed by atoms with Gasteiger partial charge in [-0.3, -0.25) is 9.59 Å². The fraction of sp³-hybridized carbons (Fsp3) is 0.438. The van der Waals surface area contributed by atoms with E-state index in [1.54, 1.807) is 24.3 Å². The minimum absolute atomic E-state index is 0.0819. The van der Waals surface area contributed by atoms with Crippen molar-refractivity contribution in [3.63, 3.8) is 0 Å². The maximum atomic E-state index is 12.5. The molecule has 1 atom stereocenters. The summed E-state index contributed by atoms with van der Waals surface area (Å²) < 4.78 is 0. The highest BCUT2D eigenvalue weighted by molar-refractivity contribution is 6.30. The topological polar surface area (TPSA) is 85.2 Å². The molecule has 0 bridgehead atoms. The van der Waals surface area contributed by atoms with Gasteiger partial charge in [0.15, 0.2) is 0 Å². The third-order valence-electron chi connectivity index (χ3n) is 4.15. The molecule has 7 nitrogen and oxygen atoms in total. The number of amidine groups is 1. The number of benzene rings is 1. The number of carbonyl (C=O) groups is 2. The molecule has 2 heterocycles. The average molecular weight is 351 g/mol. The second-order valence-corrected chi connectivity index (χ2v) is 6.31. The number of halogens is 1. The molecule has 1 aromatic carbocycles. The third kappa shape index (κ3) is 3.68. The van der Waals surface area contributed by atoms with Crippen molar-refractivity contribution in [1.29, 1.82) is 0 Å². The van der Waals surface area contributed by atoms with Crippen LogP contribution in [0.1, 0.15) is 12.8 Å². The van der Waals surface area contributed by atoms with E-state index in [1.165, 1.54) is 5.01 Å². The Morgan fingerprint density at radius 3 is 3.04 bits per heavy atom. The SMILES string of the molecule is O=C(Nc1cccc(Cl)c1)C1CCC2=NN(CCO)C(=O)CN2C1. The van der Waals surface area contributed by atoms with Crippen LogP contribution in [0.5, 0.6) is 0 Å². The van der Waals surface area contributed by atoms with E-state index in [0.29, 0.717) is 30.1 Å². The second-order valence-electron chi connectivity index (χ2n) is 5.87. The van der Waals surface area contributed by atoms with Gasteiger partial charge in [0.25, 0.3) is 5.91 Å². The maximum absolute atomic E-state index is 12.5. The zero-order valence-corrected chi connectivity index (χ0v) is 13.9. The summed E-state index contributed by atoms with van der Waals surface area (Å²) in [6.07, 6.45) is 1.30. The van der Waals surface area contributed by atoms with E-state index < -0.39 is 0 Å². The molecular weight excluding hydrogens is 332 g/mol. The van der Waals surface area contributed by atoms with Crippen molar-refractivity contribution < 1.29 is 14.7 Å². The molecule has 0 saturated carbocycles. The second kappa shape index (κ2) is 7.19. The smallest absolute Gasteiger partial charge is 0.262 e. The van der Waals surface area contributed by atoms with Crippen LogP contribution in [0.2, 0.25) is 5.02 Å². The first-order valence-electron chi connectivity index (χ1n) is 7.87. The monoisotopic (exact) mass is 350 g/mol. The summed E-state index contributed by atoms with van der Waals surface area (Å²) in [6.45, 7) is 0.742. The van der Waals surface area contributed by atoms with E-state index in [0.717, 1.165) is 5.84 Å². The van der Waals surface area contributed by atoms with Gasteiger partial charge in [-0.1, -0.05) is 17.7 Å². The molecule has 2 aliphatic heterocycles. The first-order valence-corrected chi connectivity index (χ1v) is 8.24. The number of piperidine rings is 1. The Bertz CT molecular complexity index is 679. The van der Waals surface area contributed by atoms with E-state index in [1.807, 2.05) is 4.90 Å². The molecule has 1 fully saturated rings. The molecule has 1 saturated heterocycles. The van der Waals surface area contributed by atoms with Gasteiger partial charge in [-0.05, 0) is 24.6 Å². The van der Waals surface area contributed by atoms with Crippen molar-refractivity contribution >= 4 is 34.9 Å². The fourth-order valence-corrected chi connectivity index (χ4v) is 3.12. The molecule has 0 radical (unpaired) electrons. The number of hydrogen-bond donors (Lipinski definition) is 2. The number of nitrogens with one attached hydrogen (secondary N) is 1. The molecule has 24 heavy (non-hydrogen) atoms. The number of carbonyl (C=O) groups excluding carboxylic acids is 2. The Labute approximate surface area is 144 Å². The lowest BCUT2D eigenvalue weighted by Gasteiger charge is -2.38. The Hall–Kier alpha value is -2.12. The summed E-state index contributed by atoms with van der Waals surface area (Å²) in [4.78, 5) is 26.3. The van der Waals surface area contributed by atoms with Gasteiger partial charge in [-0.25, -0.2) is 5.01 Å². The van der Waals surface area contributed by atoms with Crippen LogP contribution >= 0.6 is 11.6 Å². The number of amides is 2. The Kier molecular flexibility index (Phi) is 5.01. The summed E-state index contributed by atoms with van der Waals surface area (Å²) in [5.41, 5.74) is 0.663. The Morgan fingerprint density at radius 1 is 1.46 bits per heavy atom. The number of aliphatic hydroxyl groups is 1. The number of hydrogen-bond acceptors (Lipinski definition) is 5. The lowest BCUT2D eigenvalue weighted by molar-refractivity contribution is -0.134. The molecule has 2 N–H and O–H groups in total. The van der Waals surface area contributed by atoms with Crippen molar-refractivity contribution in [3.05, 3.63) is 29.3 Å². The number of β-amino-alcohol motifs (C(OH)–C–C–N with tert-alkyl or cyclic N) is 1. The van der Waals surface area contributed by atoms with Crippen LogP contribution < -0.4 is 5.32 Å². The molecule has 1 unspecified atom stereocenters. The number of fused-ring (bicyclic) bond motifs is 1. The zero-order chi connectivity index (χ0) is 17.1. The van der Waals surface area contributed by atoms with Crippen LogP contribution in [-0.4, -0.2) is 58.9 Å². The minimum Gasteiger partial charge on any atom is -0.394 e. The predicted octanol–water partition coefficient (Wildman–Crippen LogP) is 1.14. The molecule has 2 aliphatic rings. The fourth-order valence-electron chi connectivity index (χ4n) is 2.93. The summed E-state index contributed by atoms with van der Waals surface area (Å²) in [7, 11) is 0. The lowest BCUT2D eigenvalue weighted by Crippen LogP contribution is -2.53. The number of anilines is 1. The summed E-state index contributed by atoms with van der Waals surface area (Å²) in [5.74, 6) is 0.347. The van der Waals surface area contributed by atoms with Crippen molar-refractivity contribution in [2.45, 2.75) is 12.8 Å². The summed E-state index contributed by atoms with van der Waals surface area (Å²) >= 11 is 5.93. The maximum Gasteiger partial charge on any atom is 0.262 e. The molecule has 0 spiro atoms. The van der Waals surface area contributed by atoms with Crippen LogP contribution in [0.25, 0.3) is 0 Å². The quantitative estimate of drug-likeness (QED) is 0.852.